The third kappa shape index (κ3) is 1.98. The molecule has 0 saturated heterocycles. The standard InChI is InChI=1S/C16H15NO3/c1-2-4-13-11(3-1)8-18-9-14(13)17-12-5-6-15-16(7-12)20-10-19-15/h1-7,14,17H,8-10H2. The monoisotopic (exact) mass is 269 g/mol. The van der Waals surface area contributed by atoms with Gasteiger partial charge in [0, 0.05) is 11.8 Å². The third-order valence-electron chi connectivity index (χ3n) is 3.69. The Morgan fingerprint density at radius 1 is 1.00 bits per heavy atom. The van der Waals surface area contributed by atoms with Crippen LogP contribution in [-0.4, -0.2) is 13.4 Å². The lowest BCUT2D eigenvalue weighted by Gasteiger charge is -2.27. The molecule has 0 aromatic heterocycles. The maximum atomic E-state index is 5.65. The SMILES string of the molecule is c1ccc2c(c1)COCC2Nc1ccc2c(c1)OCO2. The van der Waals surface area contributed by atoms with Gasteiger partial charge in [0.05, 0.1) is 19.3 Å². The summed E-state index contributed by atoms with van der Waals surface area (Å²) in [4.78, 5) is 0. The van der Waals surface area contributed by atoms with E-state index < -0.39 is 0 Å². The zero-order chi connectivity index (χ0) is 13.4. The molecule has 4 rings (SSSR count). The first-order valence-electron chi connectivity index (χ1n) is 6.72. The second-order valence-electron chi connectivity index (χ2n) is 4.98. The van der Waals surface area contributed by atoms with Crippen molar-refractivity contribution in [3.8, 4) is 11.5 Å². The highest BCUT2D eigenvalue weighted by molar-refractivity contribution is 5.57. The zero-order valence-corrected chi connectivity index (χ0v) is 11.0. The molecule has 0 bridgehead atoms. The Bertz CT molecular complexity index is 641. The van der Waals surface area contributed by atoms with Crippen molar-refractivity contribution in [3.63, 3.8) is 0 Å². The second kappa shape index (κ2) is 4.72. The van der Waals surface area contributed by atoms with E-state index in [0.717, 1.165) is 17.2 Å². The van der Waals surface area contributed by atoms with Crippen molar-refractivity contribution in [2.75, 3.05) is 18.7 Å². The van der Waals surface area contributed by atoms with Gasteiger partial charge >= 0.3 is 0 Å². The quantitative estimate of drug-likeness (QED) is 0.909. The molecule has 1 atom stereocenters. The van der Waals surface area contributed by atoms with Gasteiger partial charge in [-0.2, -0.15) is 0 Å². The van der Waals surface area contributed by atoms with E-state index >= 15 is 0 Å². The minimum absolute atomic E-state index is 0.167. The maximum absolute atomic E-state index is 5.65. The first-order valence-corrected chi connectivity index (χ1v) is 6.72. The van der Waals surface area contributed by atoms with E-state index in [1.807, 2.05) is 24.3 Å². The minimum Gasteiger partial charge on any atom is -0.454 e. The van der Waals surface area contributed by atoms with Gasteiger partial charge in [0.25, 0.3) is 0 Å². The van der Waals surface area contributed by atoms with Crippen LogP contribution in [0, 0.1) is 0 Å². The van der Waals surface area contributed by atoms with Crippen LogP contribution in [0.3, 0.4) is 0 Å². The highest BCUT2D eigenvalue weighted by atomic mass is 16.7. The van der Waals surface area contributed by atoms with Crippen LogP contribution in [0.5, 0.6) is 11.5 Å². The van der Waals surface area contributed by atoms with Crippen LogP contribution in [0.25, 0.3) is 0 Å². The van der Waals surface area contributed by atoms with Crippen LogP contribution < -0.4 is 14.8 Å². The van der Waals surface area contributed by atoms with Crippen LogP contribution in [0.1, 0.15) is 17.2 Å². The predicted molar refractivity (Wildman–Crippen MR) is 75.0 cm³/mol. The maximum Gasteiger partial charge on any atom is 0.231 e. The summed E-state index contributed by atoms with van der Waals surface area (Å²) in [5.41, 5.74) is 3.56. The van der Waals surface area contributed by atoms with Crippen molar-refractivity contribution in [3.05, 3.63) is 53.6 Å². The van der Waals surface area contributed by atoms with Gasteiger partial charge in [-0.15, -0.1) is 0 Å². The lowest BCUT2D eigenvalue weighted by Crippen LogP contribution is -2.23. The van der Waals surface area contributed by atoms with Crippen LogP contribution >= 0.6 is 0 Å². The van der Waals surface area contributed by atoms with Crippen molar-refractivity contribution < 1.29 is 14.2 Å². The van der Waals surface area contributed by atoms with E-state index in [9.17, 15) is 0 Å². The molecule has 2 aromatic carbocycles. The van der Waals surface area contributed by atoms with E-state index in [2.05, 4.69) is 23.5 Å². The Balaban J connectivity index is 1.61. The molecule has 20 heavy (non-hydrogen) atoms. The Morgan fingerprint density at radius 3 is 2.90 bits per heavy atom. The van der Waals surface area contributed by atoms with Gasteiger partial charge in [0.1, 0.15) is 0 Å². The number of fused-ring (bicyclic) bond motifs is 2. The molecule has 0 radical (unpaired) electrons. The number of ether oxygens (including phenoxy) is 3. The fourth-order valence-electron chi connectivity index (χ4n) is 2.69. The number of hydrogen-bond donors (Lipinski definition) is 1. The highest BCUT2D eigenvalue weighted by Crippen LogP contribution is 2.36. The van der Waals surface area contributed by atoms with Crippen molar-refractivity contribution >= 4 is 5.69 Å². The molecule has 1 N–H and O–H groups in total. The van der Waals surface area contributed by atoms with Crippen LogP contribution in [-0.2, 0) is 11.3 Å². The summed E-state index contributed by atoms with van der Waals surface area (Å²) in [6.07, 6.45) is 0. The molecule has 2 aromatic rings. The third-order valence-corrected chi connectivity index (χ3v) is 3.69. The normalized spacial score (nSPS) is 19.5. The average molecular weight is 269 g/mol. The summed E-state index contributed by atoms with van der Waals surface area (Å²) in [5, 5.41) is 3.51. The van der Waals surface area contributed by atoms with Crippen LogP contribution in [0.2, 0.25) is 0 Å². The number of hydrogen-bond acceptors (Lipinski definition) is 4. The van der Waals surface area contributed by atoms with E-state index in [1.165, 1.54) is 11.1 Å². The van der Waals surface area contributed by atoms with Crippen LogP contribution in [0.15, 0.2) is 42.5 Å². The molecule has 0 fully saturated rings. The molecule has 2 heterocycles. The van der Waals surface area contributed by atoms with E-state index in [0.29, 0.717) is 20.0 Å². The zero-order valence-electron chi connectivity index (χ0n) is 11.0. The Kier molecular flexibility index (Phi) is 2.74. The number of nitrogens with one attached hydrogen (secondary N) is 1. The number of anilines is 1. The largest absolute Gasteiger partial charge is 0.454 e. The van der Waals surface area contributed by atoms with Crippen molar-refractivity contribution in [1.82, 2.24) is 0 Å². The molecule has 4 heteroatoms. The van der Waals surface area contributed by atoms with Gasteiger partial charge in [-0.3, -0.25) is 0 Å². The Morgan fingerprint density at radius 2 is 1.90 bits per heavy atom. The molecule has 102 valence electrons. The predicted octanol–water partition coefficient (Wildman–Crippen LogP) is 3.10. The molecule has 0 amide bonds. The highest BCUT2D eigenvalue weighted by Gasteiger charge is 2.21. The van der Waals surface area contributed by atoms with Crippen molar-refractivity contribution in [2.24, 2.45) is 0 Å². The second-order valence-corrected chi connectivity index (χ2v) is 4.98. The molecule has 2 aliphatic rings. The lowest BCUT2D eigenvalue weighted by atomic mass is 9.99. The van der Waals surface area contributed by atoms with Gasteiger partial charge in [0.15, 0.2) is 11.5 Å². The van der Waals surface area contributed by atoms with Gasteiger partial charge in [-0.05, 0) is 23.3 Å². The van der Waals surface area contributed by atoms with Crippen molar-refractivity contribution in [2.45, 2.75) is 12.6 Å². The first-order chi connectivity index (χ1) is 9.90. The molecule has 0 spiro atoms. The van der Waals surface area contributed by atoms with Crippen LogP contribution in [0.4, 0.5) is 5.69 Å². The van der Waals surface area contributed by atoms with E-state index in [4.69, 9.17) is 14.2 Å². The molecule has 0 saturated carbocycles. The summed E-state index contributed by atoms with van der Waals surface area (Å²) >= 11 is 0. The minimum atomic E-state index is 0.167. The Hall–Kier alpha value is -2.20. The smallest absolute Gasteiger partial charge is 0.231 e. The van der Waals surface area contributed by atoms with Gasteiger partial charge in [-0.25, -0.2) is 0 Å². The van der Waals surface area contributed by atoms with Gasteiger partial charge < -0.3 is 19.5 Å². The topological polar surface area (TPSA) is 39.7 Å². The molecule has 0 aliphatic carbocycles. The molecule has 2 aliphatic heterocycles. The average Bonchev–Trinajstić information content (AvgIpc) is 2.95. The van der Waals surface area contributed by atoms with E-state index in [-0.39, 0.29) is 6.04 Å². The summed E-state index contributed by atoms with van der Waals surface area (Å²) in [5.74, 6) is 1.59. The molecule has 4 nitrogen and oxygen atoms in total. The fourth-order valence-corrected chi connectivity index (χ4v) is 2.69. The summed E-state index contributed by atoms with van der Waals surface area (Å²) in [7, 11) is 0. The number of rotatable bonds is 2. The van der Waals surface area contributed by atoms with Gasteiger partial charge in [0.2, 0.25) is 6.79 Å². The summed E-state index contributed by atoms with van der Waals surface area (Å²) in [6, 6.07) is 14.5. The van der Waals surface area contributed by atoms with Crippen molar-refractivity contribution in [1.29, 1.82) is 0 Å². The molecule has 1 unspecified atom stereocenters. The number of benzene rings is 2. The van der Waals surface area contributed by atoms with Gasteiger partial charge in [-0.1, -0.05) is 24.3 Å². The first kappa shape index (κ1) is 11.6. The summed E-state index contributed by atoms with van der Waals surface area (Å²) in [6.45, 7) is 1.66. The molecular formula is C16H15NO3. The lowest BCUT2D eigenvalue weighted by molar-refractivity contribution is 0.0970. The summed E-state index contributed by atoms with van der Waals surface area (Å²) < 4.78 is 16.4. The Labute approximate surface area is 117 Å². The van der Waals surface area contributed by atoms with E-state index in [1.54, 1.807) is 0 Å². The molecular weight excluding hydrogens is 254 g/mol. The fraction of sp³-hybridized carbons (Fsp3) is 0.250.